The second kappa shape index (κ2) is 9.28. The third kappa shape index (κ3) is 4.53. The first-order valence-electron chi connectivity index (χ1n) is 11.1. The van der Waals surface area contributed by atoms with E-state index in [-0.39, 0.29) is 5.91 Å². The molecule has 2 aromatic heterocycles. The predicted molar refractivity (Wildman–Crippen MR) is 126 cm³/mol. The third-order valence-corrected chi connectivity index (χ3v) is 5.89. The lowest BCUT2D eigenvalue weighted by molar-refractivity contribution is -0.119. The van der Waals surface area contributed by atoms with E-state index in [0.717, 1.165) is 61.0 Å². The number of furan rings is 1. The monoisotopic (exact) mass is 429 g/mol. The van der Waals surface area contributed by atoms with Crippen LogP contribution >= 0.6 is 0 Å². The maximum atomic E-state index is 13.3. The first-order valence-corrected chi connectivity index (χ1v) is 11.1. The standard InChI is InChI=1S/C25H27N5O2/c31-24(30(18-21-10-6-17-32-21)20-8-2-1-3-9-20)19-28-13-7-14-29(16-15-28)25-26-22-11-4-5-12-23(22)27-25/h1-6,8-12,17H,7,13-16,18-19H2,(H,26,27). The number of nitrogens with zero attached hydrogens (tertiary/aromatic N) is 4. The summed E-state index contributed by atoms with van der Waals surface area (Å²) in [7, 11) is 0. The Kier molecular flexibility index (Phi) is 5.89. The van der Waals surface area contributed by atoms with Crippen molar-refractivity contribution in [3.63, 3.8) is 0 Å². The molecule has 0 atom stereocenters. The first kappa shape index (κ1) is 20.3. The van der Waals surface area contributed by atoms with E-state index < -0.39 is 0 Å². The van der Waals surface area contributed by atoms with E-state index >= 15 is 0 Å². The van der Waals surface area contributed by atoms with Crippen molar-refractivity contribution in [2.75, 3.05) is 42.5 Å². The van der Waals surface area contributed by atoms with Gasteiger partial charge in [-0.2, -0.15) is 0 Å². The van der Waals surface area contributed by atoms with Crippen LogP contribution in [0.4, 0.5) is 11.6 Å². The number of benzene rings is 2. The van der Waals surface area contributed by atoms with Gasteiger partial charge in [0.15, 0.2) is 0 Å². The molecule has 0 aliphatic carbocycles. The molecule has 4 aromatic rings. The van der Waals surface area contributed by atoms with Gasteiger partial charge in [0.25, 0.3) is 0 Å². The average molecular weight is 430 g/mol. The van der Waals surface area contributed by atoms with Gasteiger partial charge in [0.1, 0.15) is 5.76 Å². The molecule has 7 nitrogen and oxygen atoms in total. The highest BCUT2D eigenvalue weighted by molar-refractivity contribution is 5.94. The minimum absolute atomic E-state index is 0.0739. The molecular formula is C25H27N5O2. The third-order valence-electron chi connectivity index (χ3n) is 5.89. The molecule has 32 heavy (non-hydrogen) atoms. The summed E-state index contributed by atoms with van der Waals surface area (Å²) in [5, 5.41) is 0. The van der Waals surface area contributed by atoms with Crippen LogP contribution in [0.15, 0.2) is 77.4 Å². The fraction of sp³-hybridized carbons (Fsp3) is 0.280. The van der Waals surface area contributed by atoms with Gasteiger partial charge in [0.05, 0.1) is 30.4 Å². The van der Waals surface area contributed by atoms with Gasteiger partial charge < -0.3 is 19.2 Å². The molecule has 0 radical (unpaired) electrons. The van der Waals surface area contributed by atoms with Crippen molar-refractivity contribution >= 4 is 28.6 Å². The number of aromatic amines is 1. The van der Waals surface area contributed by atoms with Crippen LogP contribution in [0.2, 0.25) is 0 Å². The number of carbonyl (C=O) groups excluding carboxylic acids is 1. The molecule has 5 rings (SSSR count). The zero-order chi connectivity index (χ0) is 21.8. The summed E-state index contributed by atoms with van der Waals surface area (Å²) in [6, 6.07) is 21.6. The molecule has 3 heterocycles. The van der Waals surface area contributed by atoms with Gasteiger partial charge >= 0.3 is 0 Å². The SMILES string of the molecule is O=C(CN1CCCN(c2nc3ccccc3[nH]2)CC1)N(Cc1ccco1)c1ccccc1. The Morgan fingerprint density at radius 3 is 2.62 bits per heavy atom. The average Bonchev–Trinajstić information content (AvgIpc) is 3.44. The van der Waals surface area contributed by atoms with Crippen LogP contribution in [-0.2, 0) is 11.3 Å². The number of hydrogen-bond acceptors (Lipinski definition) is 5. The van der Waals surface area contributed by atoms with Gasteiger partial charge in [0.2, 0.25) is 11.9 Å². The highest BCUT2D eigenvalue weighted by Crippen LogP contribution is 2.20. The minimum Gasteiger partial charge on any atom is -0.467 e. The van der Waals surface area contributed by atoms with Gasteiger partial charge in [-0.25, -0.2) is 4.98 Å². The predicted octanol–water partition coefficient (Wildman–Crippen LogP) is 3.90. The van der Waals surface area contributed by atoms with Crippen LogP contribution < -0.4 is 9.80 Å². The van der Waals surface area contributed by atoms with Crippen molar-refractivity contribution in [2.45, 2.75) is 13.0 Å². The molecule has 1 amide bonds. The number of H-pyrrole nitrogens is 1. The van der Waals surface area contributed by atoms with Crippen molar-refractivity contribution in [1.82, 2.24) is 14.9 Å². The molecular weight excluding hydrogens is 402 g/mol. The zero-order valence-electron chi connectivity index (χ0n) is 18.0. The van der Waals surface area contributed by atoms with Crippen LogP contribution in [0.3, 0.4) is 0 Å². The lowest BCUT2D eigenvalue weighted by Gasteiger charge is -2.26. The summed E-state index contributed by atoms with van der Waals surface area (Å²) in [5.41, 5.74) is 2.91. The maximum Gasteiger partial charge on any atom is 0.241 e. The van der Waals surface area contributed by atoms with Crippen LogP contribution in [0.1, 0.15) is 12.2 Å². The number of para-hydroxylation sites is 3. The number of imidazole rings is 1. The Hall–Kier alpha value is -3.58. The van der Waals surface area contributed by atoms with Crippen molar-refractivity contribution < 1.29 is 9.21 Å². The van der Waals surface area contributed by atoms with Gasteiger partial charge in [0, 0.05) is 31.9 Å². The summed E-state index contributed by atoms with van der Waals surface area (Å²) in [4.78, 5) is 27.8. The fourth-order valence-electron chi connectivity index (χ4n) is 4.20. The minimum atomic E-state index is 0.0739. The summed E-state index contributed by atoms with van der Waals surface area (Å²) in [6.07, 6.45) is 2.62. The van der Waals surface area contributed by atoms with Crippen molar-refractivity contribution in [3.8, 4) is 0 Å². The summed E-state index contributed by atoms with van der Waals surface area (Å²) in [5.74, 6) is 1.75. The normalized spacial score (nSPS) is 15.1. The Morgan fingerprint density at radius 1 is 0.969 bits per heavy atom. The lowest BCUT2D eigenvalue weighted by atomic mass is 10.2. The van der Waals surface area contributed by atoms with E-state index in [0.29, 0.717) is 13.1 Å². The summed E-state index contributed by atoms with van der Waals surface area (Å²) < 4.78 is 5.51. The molecule has 164 valence electrons. The highest BCUT2D eigenvalue weighted by Gasteiger charge is 2.23. The van der Waals surface area contributed by atoms with Crippen LogP contribution in [0.25, 0.3) is 11.0 Å². The number of fused-ring (bicyclic) bond motifs is 1. The highest BCUT2D eigenvalue weighted by atomic mass is 16.3. The lowest BCUT2D eigenvalue weighted by Crippen LogP contribution is -2.41. The van der Waals surface area contributed by atoms with Crippen molar-refractivity contribution in [3.05, 3.63) is 78.8 Å². The number of carbonyl (C=O) groups is 1. The largest absolute Gasteiger partial charge is 0.467 e. The number of anilines is 2. The smallest absolute Gasteiger partial charge is 0.241 e. The Balaban J connectivity index is 1.26. The topological polar surface area (TPSA) is 68.6 Å². The number of amides is 1. The van der Waals surface area contributed by atoms with Crippen LogP contribution in [0.5, 0.6) is 0 Å². The summed E-state index contributed by atoms with van der Waals surface area (Å²) >= 11 is 0. The Labute approximate surface area is 187 Å². The second-order valence-electron chi connectivity index (χ2n) is 8.09. The second-order valence-corrected chi connectivity index (χ2v) is 8.09. The fourth-order valence-corrected chi connectivity index (χ4v) is 4.20. The van der Waals surface area contributed by atoms with Crippen molar-refractivity contribution in [2.24, 2.45) is 0 Å². The molecule has 2 aromatic carbocycles. The van der Waals surface area contributed by atoms with E-state index in [9.17, 15) is 4.79 Å². The molecule has 0 spiro atoms. The molecule has 7 heteroatoms. The number of aromatic nitrogens is 2. The van der Waals surface area contributed by atoms with Crippen LogP contribution in [-0.4, -0.2) is 53.5 Å². The molecule has 0 unspecified atom stereocenters. The number of nitrogens with one attached hydrogen (secondary N) is 1. The van der Waals surface area contributed by atoms with Gasteiger partial charge in [-0.3, -0.25) is 9.69 Å². The molecule has 1 saturated heterocycles. The molecule has 0 bridgehead atoms. The Bertz CT molecular complexity index is 1120. The molecule has 1 aliphatic heterocycles. The summed E-state index contributed by atoms with van der Waals surface area (Å²) in [6.45, 7) is 4.24. The van der Waals surface area contributed by atoms with E-state index in [1.807, 2.05) is 66.7 Å². The van der Waals surface area contributed by atoms with Gasteiger partial charge in [-0.15, -0.1) is 0 Å². The quantitative estimate of drug-likeness (QED) is 0.503. The van der Waals surface area contributed by atoms with Gasteiger partial charge in [-0.05, 0) is 42.8 Å². The van der Waals surface area contributed by atoms with Crippen molar-refractivity contribution in [1.29, 1.82) is 0 Å². The molecule has 1 fully saturated rings. The Morgan fingerprint density at radius 2 is 1.81 bits per heavy atom. The number of rotatable bonds is 6. The molecule has 1 N–H and O–H groups in total. The van der Waals surface area contributed by atoms with E-state index in [1.165, 1.54) is 0 Å². The molecule has 0 saturated carbocycles. The number of hydrogen-bond donors (Lipinski definition) is 1. The van der Waals surface area contributed by atoms with E-state index in [1.54, 1.807) is 11.2 Å². The maximum absolute atomic E-state index is 13.3. The molecule has 1 aliphatic rings. The van der Waals surface area contributed by atoms with E-state index in [2.05, 4.69) is 14.8 Å². The van der Waals surface area contributed by atoms with Gasteiger partial charge in [-0.1, -0.05) is 30.3 Å². The van der Waals surface area contributed by atoms with Crippen LogP contribution in [0, 0.1) is 0 Å². The van der Waals surface area contributed by atoms with E-state index in [4.69, 9.17) is 9.40 Å². The zero-order valence-corrected chi connectivity index (χ0v) is 18.0. The first-order chi connectivity index (χ1) is 15.8.